The highest BCUT2D eigenvalue weighted by Gasteiger charge is 2.26. The summed E-state index contributed by atoms with van der Waals surface area (Å²) in [4.78, 5) is 14.1. The van der Waals surface area contributed by atoms with Gasteiger partial charge >= 0.3 is 0 Å². The molecule has 3 aromatic rings. The molecule has 1 aliphatic carbocycles. The van der Waals surface area contributed by atoms with Crippen LogP contribution in [0.4, 0.5) is 11.8 Å². The Labute approximate surface area is 207 Å². The summed E-state index contributed by atoms with van der Waals surface area (Å²) in [6.07, 6.45) is 7.26. The van der Waals surface area contributed by atoms with Gasteiger partial charge in [0.25, 0.3) is 0 Å². The number of nitrogens with one attached hydrogen (secondary N) is 1. The fraction of sp³-hybridized carbons (Fsp3) is 0.577. The van der Waals surface area contributed by atoms with Gasteiger partial charge in [-0.15, -0.1) is 5.10 Å². The van der Waals surface area contributed by atoms with Crippen LogP contribution < -0.4 is 10.2 Å². The first-order valence-electron chi connectivity index (χ1n) is 12.7. The lowest BCUT2D eigenvalue weighted by atomic mass is 9.85. The van der Waals surface area contributed by atoms with Crippen molar-refractivity contribution < 1.29 is 9.84 Å². The molecule has 1 saturated heterocycles. The van der Waals surface area contributed by atoms with Crippen molar-refractivity contribution in [2.24, 2.45) is 0 Å². The molecule has 1 saturated carbocycles. The number of aromatic nitrogens is 4. The fourth-order valence-electron chi connectivity index (χ4n) is 5.25. The fourth-order valence-corrected chi connectivity index (χ4v) is 5.25. The molecule has 35 heavy (non-hydrogen) atoms. The van der Waals surface area contributed by atoms with E-state index in [1.165, 1.54) is 5.69 Å². The molecular weight excluding hydrogens is 442 g/mol. The number of rotatable bonds is 7. The van der Waals surface area contributed by atoms with Crippen molar-refractivity contribution in [3.8, 4) is 11.1 Å². The number of ether oxygens (including phenoxy) is 1. The number of methoxy groups -OCH3 is 1. The van der Waals surface area contributed by atoms with Crippen molar-refractivity contribution in [2.45, 2.75) is 50.7 Å². The molecule has 1 atom stereocenters. The molecule has 5 rings (SSSR count). The highest BCUT2D eigenvalue weighted by molar-refractivity contribution is 5.81. The van der Waals surface area contributed by atoms with Crippen molar-refractivity contribution in [1.82, 2.24) is 24.5 Å². The maximum absolute atomic E-state index is 10.0. The average molecular weight is 480 g/mol. The predicted molar refractivity (Wildman–Crippen MR) is 138 cm³/mol. The van der Waals surface area contributed by atoms with Gasteiger partial charge < -0.3 is 25.0 Å². The van der Waals surface area contributed by atoms with Gasteiger partial charge in [0.2, 0.25) is 5.95 Å². The second-order valence-electron chi connectivity index (χ2n) is 10.1. The molecule has 188 valence electrons. The molecule has 9 heteroatoms. The summed E-state index contributed by atoms with van der Waals surface area (Å²) in [7, 11) is 3.86. The summed E-state index contributed by atoms with van der Waals surface area (Å²) in [5, 5.41) is 18.3. The van der Waals surface area contributed by atoms with E-state index in [-0.39, 0.29) is 12.1 Å². The lowest BCUT2D eigenvalue weighted by Gasteiger charge is -2.33. The Morgan fingerprint density at radius 3 is 2.54 bits per heavy atom. The van der Waals surface area contributed by atoms with Gasteiger partial charge in [-0.25, -0.2) is 14.5 Å². The van der Waals surface area contributed by atoms with Gasteiger partial charge in [-0.05, 0) is 57.9 Å². The Hall–Kier alpha value is -2.75. The van der Waals surface area contributed by atoms with Crippen LogP contribution in [0.5, 0.6) is 0 Å². The minimum Gasteiger partial charge on any atom is -0.393 e. The van der Waals surface area contributed by atoms with Crippen LogP contribution in [-0.4, -0.2) is 88.7 Å². The standard InChI is InChI=1S/C26H37N7O2/c1-18(17-35-3)29-26-28-16-24-22(14-23(33(24)30-26)19-4-7-21(34)8-5-19)20-6-9-25(27-15-20)32-12-10-31(2)11-13-32/h6,9,14-16,18-19,21,34H,4-5,7-8,10-13,17H2,1-3H3,(H,29,30)/t18-,19?,21?/m0/s1. The van der Waals surface area contributed by atoms with Crippen LogP contribution in [0.3, 0.4) is 0 Å². The zero-order valence-corrected chi connectivity index (χ0v) is 21.0. The van der Waals surface area contributed by atoms with Crippen LogP contribution in [0, 0.1) is 0 Å². The number of likely N-dealkylation sites (N-methyl/N-ethyl adjacent to an activating group) is 1. The summed E-state index contributed by atoms with van der Waals surface area (Å²) >= 11 is 0. The van der Waals surface area contributed by atoms with Crippen LogP contribution in [0.2, 0.25) is 0 Å². The molecule has 2 fully saturated rings. The topological polar surface area (TPSA) is 91.0 Å². The molecule has 2 aliphatic rings. The Bertz CT molecular complexity index is 1120. The molecule has 2 N–H and O–H groups in total. The molecule has 0 aromatic carbocycles. The van der Waals surface area contributed by atoms with Crippen molar-refractivity contribution in [2.75, 3.05) is 57.2 Å². The SMILES string of the molecule is COC[C@H](C)Nc1ncc2c(-c3ccc(N4CCN(C)CC4)nc3)cc(C3CCC(O)CC3)n2n1. The van der Waals surface area contributed by atoms with Crippen molar-refractivity contribution in [1.29, 1.82) is 0 Å². The Kier molecular flexibility index (Phi) is 7.17. The molecule has 0 unspecified atom stereocenters. The van der Waals surface area contributed by atoms with Crippen LogP contribution >= 0.6 is 0 Å². The third kappa shape index (κ3) is 5.27. The monoisotopic (exact) mass is 479 g/mol. The number of anilines is 2. The van der Waals surface area contributed by atoms with E-state index in [1.54, 1.807) is 7.11 Å². The first kappa shape index (κ1) is 24.0. The van der Waals surface area contributed by atoms with Gasteiger partial charge in [-0.1, -0.05) is 0 Å². The Balaban J connectivity index is 1.47. The molecule has 0 bridgehead atoms. The Morgan fingerprint density at radius 2 is 1.86 bits per heavy atom. The summed E-state index contributed by atoms with van der Waals surface area (Å²) in [5.41, 5.74) is 4.32. The lowest BCUT2D eigenvalue weighted by Crippen LogP contribution is -2.44. The van der Waals surface area contributed by atoms with Crippen LogP contribution in [0.15, 0.2) is 30.6 Å². The smallest absolute Gasteiger partial charge is 0.241 e. The van der Waals surface area contributed by atoms with Gasteiger partial charge in [0.1, 0.15) is 5.82 Å². The molecule has 0 amide bonds. The molecule has 1 aliphatic heterocycles. The summed E-state index contributed by atoms with van der Waals surface area (Å²) < 4.78 is 7.29. The molecule has 0 spiro atoms. The van der Waals surface area contributed by atoms with Crippen molar-refractivity contribution in [3.63, 3.8) is 0 Å². The number of fused-ring (bicyclic) bond motifs is 1. The summed E-state index contributed by atoms with van der Waals surface area (Å²) in [6.45, 7) is 6.75. The van der Waals surface area contributed by atoms with E-state index in [1.807, 2.05) is 16.9 Å². The van der Waals surface area contributed by atoms with Gasteiger partial charge in [0, 0.05) is 68.3 Å². The van der Waals surface area contributed by atoms with Crippen molar-refractivity contribution in [3.05, 3.63) is 36.3 Å². The van der Waals surface area contributed by atoms with Gasteiger partial charge in [0.15, 0.2) is 0 Å². The van der Waals surface area contributed by atoms with Crippen LogP contribution in [0.25, 0.3) is 16.6 Å². The number of aliphatic hydroxyl groups excluding tert-OH is 1. The summed E-state index contributed by atoms with van der Waals surface area (Å²) in [5.74, 6) is 1.97. The van der Waals surface area contributed by atoms with Gasteiger partial charge in [-0.3, -0.25) is 0 Å². The molecule has 4 heterocycles. The predicted octanol–water partition coefficient (Wildman–Crippen LogP) is 3.01. The normalized spacial score (nSPS) is 22.5. The number of aliphatic hydroxyl groups is 1. The molecule has 0 radical (unpaired) electrons. The number of piperazine rings is 1. The Morgan fingerprint density at radius 1 is 1.09 bits per heavy atom. The minimum atomic E-state index is -0.190. The van der Waals surface area contributed by atoms with Crippen LogP contribution in [-0.2, 0) is 4.74 Å². The minimum absolute atomic E-state index is 0.104. The van der Waals surface area contributed by atoms with E-state index in [0.717, 1.165) is 74.3 Å². The molecule has 3 aromatic heterocycles. The zero-order chi connectivity index (χ0) is 24.4. The highest BCUT2D eigenvalue weighted by atomic mass is 16.5. The van der Waals surface area contributed by atoms with E-state index in [9.17, 15) is 5.11 Å². The second-order valence-corrected chi connectivity index (χ2v) is 10.1. The van der Waals surface area contributed by atoms with E-state index in [0.29, 0.717) is 18.5 Å². The third-order valence-electron chi connectivity index (χ3n) is 7.34. The van der Waals surface area contributed by atoms with Crippen molar-refractivity contribution >= 4 is 17.3 Å². The molecule has 9 nitrogen and oxygen atoms in total. The second kappa shape index (κ2) is 10.5. The van der Waals surface area contributed by atoms with Crippen LogP contribution in [0.1, 0.15) is 44.2 Å². The largest absolute Gasteiger partial charge is 0.393 e. The quantitative estimate of drug-likeness (QED) is 0.535. The number of hydrogen-bond acceptors (Lipinski definition) is 8. The first-order valence-corrected chi connectivity index (χ1v) is 12.7. The first-order chi connectivity index (χ1) is 17.0. The number of nitrogens with zero attached hydrogens (tertiary/aromatic N) is 6. The highest BCUT2D eigenvalue weighted by Crippen LogP contribution is 2.37. The average Bonchev–Trinajstić information content (AvgIpc) is 3.24. The zero-order valence-electron chi connectivity index (χ0n) is 21.0. The van der Waals surface area contributed by atoms with Gasteiger partial charge in [-0.2, -0.15) is 0 Å². The van der Waals surface area contributed by atoms with E-state index in [2.05, 4.69) is 52.3 Å². The molecular formula is C26H37N7O2. The maximum Gasteiger partial charge on any atom is 0.241 e. The third-order valence-corrected chi connectivity index (χ3v) is 7.34. The number of pyridine rings is 1. The van der Waals surface area contributed by atoms with E-state index < -0.39 is 0 Å². The van der Waals surface area contributed by atoms with E-state index >= 15 is 0 Å². The van der Waals surface area contributed by atoms with E-state index in [4.69, 9.17) is 14.8 Å². The number of hydrogen-bond donors (Lipinski definition) is 2. The summed E-state index contributed by atoms with van der Waals surface area (Å²) in [6, 6.07) is 6.65. The van der Waals surface area contributed by atoms with Gasteiger partial charge in [0.05, 0.1) is 24.4 Å². The maximum atomic E-state index is 10.0. The lowest BCUT2D eigenvalue weighted by molar-refractivity contribution is 0.121.